The van der Waals surface area contributed by atoms with Crippen molar-refractivity contribution in [2.45, 2.75) is 6.92 Å². The van der Waals surface area contributed by atoms with E-state index in [2.05, 4.69) is 5.16 Å². The van der Waals surface area contributed by atoms with Gasteiger partial charge in [0.05, 0.1) is 14.8 Å². The Balaban J connectivity index is 2.63. The zero-order chi connectivity index (χ0) is 18.7. The van der Waals surface area contributed by atoms with Crippen molar-refractivity contribution in [3.05, 3.63) is 83.4 Å². The molecule has 0 aliphatic carbocycles. The molecule has 0 fully saturated rings. The summed E-state index contributed by atoms with van der Waals surface area (Å²) in [4.78, 5) is 30.7. The Morgan fingerprint density at radius 3 is 1.72 bits per heavy atom. The smallest absolute Gasteiger partial charge is 0.279 e. The molecule has 0 aliphatic heterocycles. The molecule has 2 aromatic rings. The number of nitro benzene ring substituents is 3. The van der Waals surface area contributed by atoms with Crippen molar-refractivity contribution in [2.24, 2.45) is 5.16 Å². The zero-order valence-electron chi connectivity index (χ0n) is 12.6. The third-order valence-corrected chi connectivity index (χ3v) is 3.47. The van der Waals surface area contributed by atoms with Crippen LogP contribution < -0.4 is 0 Å². The van der Waals surface area contributed by atoms with Gasteiger partial charge < -0.3 is 5.21 Å². The third-order valence-electron chi connectivity index (χ3n) is 3.47. The minimum absolute atomic E-state index is 0.0691. The molecular weight excluding hydrogens is 336 g/mol. The van der Waals surface area contributed by atoms with Gasteiger partial charge in [0.1, 0.15) is 11.3 Å². The van der Waals surface area contributed by atoms with Crippen molar-refractivity contribution in [3.63, 3.8) is 0 Å². The molecule has 0 radical (unpaired) electrons. The highest BCUT2D eigenvalue weighted by molar-refractivity contribution is 6.13. The Bertz CT molecular complexity index is 871. The number of nitrogens with zero attached hydrogens (tertiary/aromatic N) is 4. The first kappa shape index (κ1) is 17.5. The number of oxime groups is 1. The summed E-state index contributed by atoms with van der Waals surface area (Å²) in [7, 11) is 0. The molecule has 0 saturated carbocycles. The summed E-state index contributed by atoms with van der Waals surface area (Å²) < 4.78 is 0. The lowest BCUT2D eigenvalue weighted by Gasteiger charge is -2.07. The Labute approximate surface area is 139 Å². The standard InChI is InChI=1S/C14H10N4O7/c1-8-12(17(22)23)6-10(7-13(8)18(24)25)14(15-19)9-2-4-11(5-3-9)16(20)21/h2-7,19H,1H3/b15-14-. The van der Waals surface area contributed by atoms with E-state index in [-0.39, 0.29) is 28.1 Å². The van der Waals surface area contributed by atoms with Gasteiger partial charge >= 0.3 is 0 Å². The molecule has 2 aromatic carbocycles. The summed E-state index contributed by atoms with van der Waals surface area (Å²) >= 11 is 0. The Morgan fingerprint density at radius 2 is 1.36 bits per heavy atom. The number of benzene rings is 2. The van der Waals surface area contributed by atoms with Gasteiger partial charge in [-0.3, -0.25) is 30.3 Å². The van der Waals surface area contributed by atoms with Crippen LogP contribution in [0.25, 0.3) is 0 Å². The van der Waals surface area contributed by atoms with Gasteiger partial charge in [-0.05, 0) is 19.1 Å². The zero-order valence-corrected chi connectivity index (χ0v) is 12.6. The van der Waals surface area contributed by atoms with Gasteiger partial charge in [0.2, 0.25) is 0 Å². The first-order valence-corrected chi connectivity index (χ1v) is 6.67. The maximum Gasteiger partial charge on any atom is 0.279 e. The largest absolute Gasteiger partial charge is 0.410 e. The Kier molecular flexibility index (Phi) is 4.68. The van der Waals surface area contributed by atoms with Crippen LogP contribution in [0.5, 0.6) is 0 Å². The lowest BCUT2D eigenvalue weighted by molar-refractivity contribution is -0.395. The predicted octanol–water partition coefficient (Wildman–Crippen LogP) is 2.95. The molecule has 2 rings (SSSR count). The van der Waals surface area contributed by atoms with E-state index >= 15 is 0 Å². The predicted molar refractivity (Wildman–Crippen MR) is 85.0 cm³/mol. The van der Waals surface area contributed by atoms with E-state index in [1.165, 1.54) is 19.1 Å². The van der Waals surface area contributed by atoms with Crippen LogP contribution in [0.3, 0.4) is 0 Å². The van der Waals surface area contributed by atoms with Gasteiger partial charge in [0.15, 0.2) is 0 Å². The van der Waals surface area contributed by atoms with Gasteiger partial charge in [-0.1, -0.05) is 5.16 Å². The molecule has 128 valence electrons. The topological polar surface area (TPSA) is 162 Å². The van der Waals surface area contributed by atoms with Crippen molar-refractivity contribution >= 4 is 22.8 Å². The van der Waals surface area contributed by atoms with Crippen molar-refractivity contribution in [3.8, 4) is 0 Å². The van der Waals surface area contributed by atoms with Gasteiger partial charge in [0, 0.05) is 35.4 Å². The van der Waals surface area contributed by atoms with Crippen molar-refractivity contribution in [2.75, 3.05) is 0 Å². The molecular formula is C14H10N4O7. The fourth-order valence-corrected chi connectivity index (χ4v) is 2.22. The van der Waals surface area contributed by atoms with Gasteiger partial charge in [-0.2, -0.15) is 0 Å². The first-order valence-electron chi connectivity index (χ1n) is 6.67. The minimum atomic E-state index is -0.781. The van der Waals surface area contributed by atoms with Gasteiger partial charge in [-0.25, -0.2) is 0 Å². The normalized spacial score (nSPS) is 11.2. The van der Waals surface area contributed by atoms with Crippen LogP contribution in [-0.2, 0) is 0 Å². The highest BCUT2D eigenvalue weighted by Gasteiger charge is 2.25. The number of nitro groups is 3. The van der Waals surface area contributed by atoms with Crippen molar-refractivity contribution in [1.82, 2.24) is 0 Å². The lowest BCUT2D eigenvalue weighted by Crippen LogP contribution is -2.07. The molecule has 11 nitrogen and oxygen atoms in total. The maximum absolute atomic E-state index is 11.1. The number of hydrogen-bond acceptors (Lipinski definition) is 8. The summed E-state index contributed by atoms with van der Waals surface area (Å²) in [5.41, 5.74) is -1.43. The maximum atomic E-state index is 11.1. The second kappa shape index (κ2) is 6.70. The average Bonchev–Trinajstić information content (AvgIpc) is 2.56. The molecule has 0 amide bonds. The van der Waals surface area contributed by atoms with E-state index in [1.807, 2.05) is 0 Å². The second-order valence-corrected chi connectivity index (χ2v) is 4.91. The summed E-state index contributed by atoms with van der Waals surface area (Å²) in [5.74, 6) is 0. The molecule has 0 aliphatic rings. The molecule has 0 spiro atoms. The van der Waals surface area contributed by atoms with Crippen LogP contribution >= 0.6 is 0 Å². The fourth-order valence-electron chi connectivity index (χ4n) is 2.22. The molecule has 0 aromatic heterocycles. The highest BCUT2D eigenvalue weighted by atomic mass is 16.6. The van der Waals surface area contributed by atoms with E-state index in [1.54, 1.807) is 0 Å². The van der Waals surface area contributed by atoms with Crippen LogP contribution in [0.15, 0.2) is 41.6 Å². The average molecular weight is 346 g/mol. The molecule has 0 saturated heterocycles. The SMILES string of the molecule is Cc1c([N+](=O)[O-])cc(/C(=N\O)c2ccc([N+](=O)[O-])cc2)cc1[N+](=O)[O-]. The molecule has 11 heteroatoms. The van der Waals surface area contributed by atoms with Crippen LogP contribution in [0.4, 0.5) is 17.1 Å². The monoisotopic (exact) mass is 346 g/mol. The summed E-state index contributed by atoms with van der Waals surface area (Å²) in [6.45, 7) is 1.24. The first-order chi connectivity index (χ1) is 11.8. The summed E-state index contributed by atoms with van der Waals surface area (Å²) in [5, 5.41) is 45.2. The molecule has 1 N–H and O–H groups in total. The van der Waals surface area contributed by atoms with Crippen LogP contribution in [0, 0.1) is 37.3 Å². The number of non-ortho nitro benzene ring substituents is 1. The summed E-state index contributed by atoms with van der Waals surface area (Å²) in [6.07, 6.45) is 0. The second-order valence-electron chi connectivity index (χ2n) is 4.91. The molecule has 0 bridgehead atoms. The lowest BCUT2D eigenvalue weighted by atomic mass is 9.99. The van der Waals surface area contributed by atoms with E-state index in [4.69, 9.17) is 0 Å². The van der Waals surface area contributed by atoms with Crippen molar-refractivity contribution < 1.29 is 20.0 Å². The van der Waals surface area contributed by atoms with Crippen LogP contribution in [0.1, 0.15) is 16.7 Å². The van der Waals surface area contributed by atoms with E-state index in [0.717, 1.165) is 24.3 Å². The van der Waals surface area contributed by atoms with Gasteiger partial charge in [-0.15, -0.1) is 0 Å². The minimum Gasteiger partial charge on any atom is -0.410 e. The van der Waals surface area contributed by atoms with Crippen LogP contribution in [-0.4, -0.2) is 25.7 Å². The van der Waals surface area contributed by atoms with Crippen LogP contribution in [0.2, 0.25) is 0 Å². The fraction of sp³-hybridized carbons (Fsp3) is 0.0714. The van der Waals surface area contributed by atoms with E-state index < -0.39 is 26.1 Å². The highest BCUT2D eigenvalue weighted by Crippen LogP contribution is 2.30. The number of rotatable bonds is 5. The molecule has 25 heavy (non-hydrogen) atoms. The quantitative estimate of drug-likeness (QED) is 0.376. The van der Waals surface area contributed by atoms with E-state index in [9.17, 15) is 35.6 Å². The Morgan fingerprint density at radius 1 is 0.880 bits per heavy atom. The third kappa shape index (κ3) is 3.39. The molecule has 0 unspecified atom stereocenters. The molecule has 0 atom stereocenters. The molecule has 0 heterocycles. The Hall–Kier alpha value is -3.89. The van der Waals surface area contributed by atoms with E-state index in [0.29, 0.717) is 0 Å². The van der Waals surface area contributed by atoms with Gasteiger partial charge in [0.25, 0.3) is 17.1 Å². The van der Waals surface area contributed by atoms with Crippen molar-refractivity contribution in [1.29, 1.82) is 0 Å². The summed E-state index contributed by atoms with van der Waals surface area (Å²) in [6, 6.07) is 6.92. The number of hydrogen-bond donors (Lipinski definition) is 1.